The average molecular weight is 477 g/mol. The van der Waals surface area contributed by atoms with Gasteiger partial charge in [0.15, 0.2) is 11.5 Å². The molecule has 1 N–H and O–H groups in total. The molecule has 3 aliphatic rings. The maximum Gasteiger partial charge on any atom is 0.338 e. The van der Waals surface area contributed by atoms with Gasteiger partial charge in [-0.05, 0) is 37.5 Å². The van der Waals surface area contributed by atoms with Crippen molar-refractivity contribution >= 4 is 11.9 Å². The number of benzene rings is 1. The highest BCUT2D eigenvalue weighted by Crippen LogP contribution is 2.64. The number of esters is 2. The molecule has 0 amide bonds. The molecule has 0 unspecified atom stereocenters. The fourth-order valence-electron chi connectivity index (χ4n) is 6.33. The number of rotatable bonds is 6. The van der Waals surface area contributed by atoms with Gasteiger partial charge >= 0.3 is 11.9 Å². The zero-order valence-corrected chi connectivity index (χ0v) is 21.0. The molecule has 2 saturated carbocycles. The average Bonchev–Trinajstić information content (AvgIpc) is 3.33. The van der Waals surface area contributed by atoms with Crippen molar-refractivity contribution in [2.75, 3.05) is 14.2 Å². The van der Waals surface area contributed by atoms with E-state index in [0.29, 0.717) is 36.3 Å². The van der Waals surface area contributed by atoms with E-state index in [2.05, 4.69) is 0 Å². The fourth-order valence-corrected chi connectivity index (χ4v) is 6.33. The van der Waals surface area contributed by atoms with Crippen LogP contribution in [0.15, 0.2) is 18.2 Å². The van der Waals surface area contributed by atoms with Gasteiger partial charge < -0.3 is 28.8 Å². The summed E-state index contributed by atoms with van der Waals surface area (Å²) < 4.78 is 28.5. The summed E-state index contributed by atoms with van der Waals surface area (Å²) in [5.74, 6) is -0.533. The lowest BCUT2D eigenvalue weighted by Gasteiger charge is -2.44. The van der Waals surface area contributed by atoms with Crippen LogP contribution in [-0.4, -0.2) is 60.8 Å². The van der Waals surface area contributed by atoms with Crippen LogP contribution in [0.1, 0.15) is 64.2 Å². The molecule has 1 aromatic rings. The van der Waals surface area contributed by atoms with Gasteiger partial charge in [0.25, 0.3) is 0 Å². The Morgan fingerprint density at radius 1 is 1.06 bits per heavy atom. The third-order valence-corrected chi connectivity index (χ3v) is 8.32. The summed E-state index contributed by atoms with van der Waals surface area (Å²) in [5.41, 5.74) is -1.92. The van der Waals surface area contributed by atoms with Gasteiger partial charge in [0, 0.05) is 31.1 Å². The van der Waals surface area contributed by atoms with Gasteiger partial charge in [-0.2, -0.15) is 0 Å². The highest BCUT2D eigenvalue weighted by molar-refractivity contribution is 5.90. The van der Waals surface area contributed by atoms with Crippen LogP contribution in [0.4, 0.5) is 0 Å². The van der Waals surface area contributed by atoms with Gasteiger partial charge in [-0.15, -0.1) is 0 Å². The van der Waals surface area contributed by atoms with Gasteiger partial charge in [0.05, 0.1) is 37.1 Å². The number of hydrogen-bond acceptors (Lipinski definition) is 8. The smallest absolute Gasteiger partial charge is 0.338 e. The lowest BCUT2D eigenvalue weighted by Crippen LogP contribution is -2.51. The molecule has 1 aromatic carbocycles. The molecule has 1 heterocycles. The van der Waals surface area contributed by atoms with Crippen molar-refractivity contribution in [3.63, 3.8) is 0 Å². The van der Waals surface area contributed by atoms with Crippen molar-refractivity contribution in [1.29, 1.82) is 0 Å². The van der Waals surface area contributed by atoms with E-state index in [1.807, 2.05) is 27.7 Å². The van der Waals surface area contributed by atoms with Crippen LogP contribution in [0.25, 0.3) is 0 Å². The summed E-state index contributed by atoms with van der Waals surface area (Å²) in [5, 5.41) is 12.0. The largest absolute Gasteiger partial charge is 0.493 e. The van der Waals surface area contributed by atoms with Crippen molar-refractivity contribution in [1.82, 2.24) is 0 Å². The van der Waals surface area contributed by atoms with Crippen LogP contribution in [0.2, 0.25) is 0 Å². The minimum absolute atomic E-state index is 0.0441. The van der Waals surface area contributed by atoms with E-state index >= 15 is 0 Å². The molecule has 3 fully saturated rings. The van der Waals surface area contributed by atoms with E-state index in [-0.39, 0.29) is 18.0 Å². The third kappa shape index (κ3) is 3.94. The highest BCUT2D eigenvalue weighted by atomic mass is 16.6. The van der Waals surface area contributed by atoms with Crippen LogP contribution in [0.5, 0.6) is 11.5 Å². The van der Waals surface area contributed by atoms with E-state index in [0.717, 1.165) is 0 Å². The topological polar surface area (TPSA) is 104 Å². The van der Waals surface area contributed by atoms with Crippen molar-refractivity contribution in [3.05, 3.63) is 23.8 Å². The zero-order valence-electron chi connectivity index (χ0n) is 21.0. The molecule has 8 heteroatoms. The van der Waals surface area contributed by atoms with E-state index in [9.17, 15) is 14.7 Å². The number of carbonyl (C=O) groups excluding carboxylic acids is 2. The van der Waals surface area contributed by atoms with E-state index in [1.54, 1.807) is 18.2 Å². The molecule has 1 saturated heterocycles. The van der Waals surface area contributed by atoms with Crippen molar-refractivity contribution in [3.8, 4) is 11.5 Å². The standard InChI is InChI=1S/C26H36O8/c1-14(2)26(29)13-20(32-15(3)27)24(4)12-21-25(5,34-21)11-19(22(24)26)33-23(28)16-8-9-17(30-6)18(10-16)31-7/h8-10,14,19-22,29H,11-13H2,1-7H3/t19-,20-,21+,22-,24-,25-,26+/m1/s1. The Labute approximate surface area is 200 Å². The van der Waals surface area contributed by atoms with Crippen LogP contribution in [-0.2, 0) is 19.0 Å². The number of ether oxygens (including phenoxy) is 5. The number of aliphatic hydroxyl groups is 1. The second-order valence-electron chi connectivity index (χ2n) is 10.8. The lowest BCUT2D eigenvalue weighted by atomic mass is 9.67. The lowest BCUT2D eigenvalue weighted by molar-refractivity contribution is -0.155. The molecule has 1 aliphatic heterocycles. The quantitative estimate of drug-likeness (QED) is 0.491. The Bertz CT molecular complexity index is 976. The molecule has 0 aromatic heterocycles. The second-order valence-corrected chi connectivity index (χ2v) is 10.8. The molecule has 0 radical (unpaired) electrons. The zero-order chi connectivity index (χ0) is 25.1. The molecule has 2 aliphatic carbocycles. The normalized spacial score (nSPS) is 38.4. The molecular formula is C26H36O8. The maximum absolute atomic E-state index is 13.3. The van der Waals surface area contributed by atoms with E-state index in [1.165, 1.54) is 21.1 Å². The Morgan fingerprint density at radius 3 is 2.32 bits per heavy atom. The predicted octanol–water partition coefficient (Wildman–Crippen LogP) is 3.53. The van der Waals surface area contributed by atoms with Gasteiger partial charge in [-0.25, -0.2) is 4.79 Å². The molecule has 0 spiro atoms. The van der Waals surface area contributed by atoms with Gasteiger partial charge in [0.1, 0.15) is 12.2 Å². The fraction of sp³-hybridized carbons (Fsp3) is 0.692. The Hall–Kier alpha value is -2.32. The summed E-state index contributed by atoms with van der Waals surface area (Å²) in [6.45, 7) is 9.32. The summed E-state index contributed by atoms with van der Waals surface area (Å²) in [6, 6.07) is 4.87. The van der Waals surface area contributed by atoms with E-state index in [4.69, 9.17) is 23.7 Å². The van der Waals surface area contributed by atoms with Crippen molar-refractivity contribution < 1.29 is 38.4 Å². The SMILES string of the molecule is COc1ccc(C(=O)O[C@@H]2C[C@@]3(C)O[C@H]3C[C@@]3(C)[C@@H]2[C@@](O)(C(C)C)C[C@H]3OC(C)=O)cc1OC. The van der Waals surface area contributed by atoms with Crippen LogP contribution < -0.4 is 9.47 Å². The first kappa shape index (κ1) is 24.8. The summed E-state index contributed by atoms with van der Waals surface area (Å²) in [7, 11) is 3.03. The number of epoxide rings is 1. The Balaban J connectivity index is 1.72. The molecule has 188 valence electrons. The van der Waals surface area contributed by atoms with Gasteiger partial charge in [-0.1, -0.05) is 20.8 Å². The molecule has 0 bridgehead atoms. The maximum atomic E-state index is 13.3. The van der Waals surface area contributed by atoms with Crippen molar-refractivity contribution in [2.45, 2.75) is 83.4 Å². The summed E-state index contributed by atoms with van der Waals surface area (Å²) in [6.07, 6.45) is 0.188. The first-order chi connectivity index (χ1) is 15.9. The molecule has 7 atom stereocenters. The number of fused-ring (bicyclic) bond motifs is 2. The predicted molar refractivity (Wildman–Crippen MR) is 123 cm³/mol. The highest BCUT2D eigenvalue weighted by Gasteiger charge is 2.71. The van der Waals surface area contributed by atoms with Gasteiger partial charge in [-0.3, -0.25) is 4.79 Å². The minimum atomic E-state index is -1.18. The number of hydrogen-bond donors (Lipinski definition) is 1. The molecule has 4 rings (SSSR count). The van der Waals surface area contributed by atoms with Crippen LogP contribution >= 0.6 is 0 Å². The molecule has 34 heavy (non-hydrogen) atoms. The Morgan fingerprint density at radius 2 is 1.74 bits per heavy atom. The number of methoxy groups -OCH3 is 2. The summed E-state index contributed by atoms with van der Waals surface area (Å²) >= 11 is 0. The Kier molecular flexibility index (Phi) is 6.13. The molecule has 8 nitrogen and oxygen atoms in total. The molecular weight excluding hydrogens is 440 g/mol. The monoisotopic (exact) mass is 476 g/mol. The van der Waals surface area contributed by atoms with Gasteiger partial charge in [0.2, 0.25) is 0 Å². The second kappa shape index (κ2) is 8.41. The van der Waals surface area contributed by atoms with E-state index < -0.39 is 40.7 Å². The minimum Gasteiger partial charge on any atom is -0.493 e. The summed E-state index contributed by atoms with van der Waals surface area (Å²) in [4.78, 5) is 25.3. The third-order valence-electron chi connectivity index (χ3n) is 8.32. The first-order valence-electron chi connectivity index (χ1n) is 11.9. The number of carbonyl (C=O) groups is 2. The van der Waals surface area contributed by atoms with Crippen molar-refractivity contribution in [2.24, 2.45) is 17.3 Å². The first-order valence-corrected chi connectivity index (χ1v) is 11.9. The van der Waals surface area contributed by atoms with Crippen LogP contribution in [0.3, 0.4) is 0 Å². The van der Waals surface area contributed by atoms with Crippen LogP contribution in [0, 0.1) is 17.3 Å².